The molecular formula is C20H22F3N3O4. The number of nitrogens with one attached hydrogen (secondary N) is 1. The fourth-order valence-electron chi connectivity index (χ4n) is 2.98. The summed E-state index contributed by atoms with van der Waals surface area (Å²) in [5.41, 5.74) is -2.66. The number of halogens is 3. The number of benzene rings is 1. The summed E-state index contributed by atoms with van der Waals surface area (Å²) in [6.07, 6.45) is -4.79. The summed E-state index contributed by atoms with van der Waals surface area (Å²) in [7, 11) is 0. The van der Waals surface area contributed by atoms with Gasteiger partial charge in [0, 0.05) is 24.7 Å². The van der Waals surface area contributed by atoms with Gasteiger partial charge >= 0.3 is 12.3 Å². The van der Waals surface area contributed by atoms with E-state index in [0.29, 0.717) is 6.07 Å². The first kappa shape index (κ1) is 23.2. The molecule has 0 aromatic heterocycles. The van der Waals surface area contributed by atoms with Crippen LogP contribution in [0, 0.1) is 17.2 Å². The summed E-state index contributed by atoms with van der Waals surface area (Å²) < 4.78 is 44.4. The van der Waals surface area contributed by atoms with Gasteiger partial charge in [-0.2, -0.15) is 18.4 Å². The number of piperidine rings is 1. The average Bonchev–Trinajstić information content (AvgIpc) is 2.65. The molecule has 1 saturated heterocycles. The molecule has 1 aromatic carbocycles. The second-order valence-electron chi connectivity index (χ2n) is 7.93. The van der Waals surface area contributed by atoms with Gasteiger partial charge < -0.3 is 15.0 Å². The van der Waals surface area contributed by atoms with Crippen LogP contribution in [0.4, 0.5) is 23.7 Å². The Kier molecular flexibility index (Phi) is 6.75. The van der Waals surface area contributed by atoms with Crippen molar-refractivity contribution in [3.05, 3.63) is 29.3 Å². The van der Waals surface area contributed by atoms with Gasteiger partial charge in [-0.15, -0.1) is 0 Å². The molecule has 1 aromatic rings. The van der Waals surface area contributed by atoms with Gasteiger partial charge in [0.05, 0.1) is 17.2 Å². The summed E-state index contributed by atoms with van der Waals surface area (Å²) in [6, 6.07) is 4.12. The molecule has 1 aliphatic heterocycles. The van der Waals surface area contributed by atoms with Crippen LogP contribution in [-0.4, -0.2) is 41.4 Å². The zero-order chi connectivity index (χ0) is 22.7. The number of hydrogen-bond donors (Lipinski definition) is 1. The third-order valence-electron chi connectivity index (χ3n) is 4.44. The van der Waals surface area contributed by atoms with Crippen molar-refractivity contribution in [1.29, 1.82) is 5.26 Å². The van der Waals surface area contributed by atoms with Gasteiger partial charge in [-0.3, -0.25) is 9.59 Å². The molecule has 0 atom stereocenters. The number of amides is 2. The minimum atomic E-state index is -4.77. The van der Waals surface area contributed by atoms with E-state index >= 15 is 0 Å². The maximum absolute atomic E-state index is 13.0. The van der Waals surface area contributed by atoms with Crippen molar-refractivity contribution in [3.8, 4) is 6.07 Å². The van der Waals surface area contributed by atoms with Gasteiger partial charge in [0.1, 0.15) is 5.60 Å². The number of ether oxygens (including phenoxy) is 1. The smallest absolute Gasteiger partial charge is 0.417 e. The highest BCUT2D eigenvalue weighted by Crippen LogP contribution is 2.33. The lowest BCUT2D eigenvalue weighted by molar-refractivity contribution is -0.138. The zero-order valence-electron chi connectivity index (χ0n) is 16.8. The van der Waals surface area contributed by atoms with Crippen molar-refractivity contribution in [3.63, 3.8) is 0 Å². The van der Waals surface area contributed by atoms with Gasteiger partial charge in [-0.1, -0.05) is 0 Å². The second kappa shape index (κ2) is 8.73. The molecule has 1 N–H and O–H groups in total. The maximum atomic E-state index is 13.0. The van der Waals surface area contributed by atoms with E-state index in [-0.39, 0.29) is 31.6 Å². The molecule has 1 aliphatic rings. The van der Waals surface area contributed by atoms with Crippen LogP contribution in [0.25, 0.3) is 0 Å². The zero-order valence-corrected chi connectivity index (χ0v) is 16.8. The first-order chi connectivity index (χ1) is 13.8. The Morgan fingerprint density at radius 3 is 2.27 bits per heavy atom. The molecular weight excluding hydrogens is 403 g/mol. The number of rotatable bonds is 3. The minimum Gasteiger partial charge on any atom is -0.444 e. The predicted octanol–water partition coefficient (Wildman–Crippen LogP) is 3.73. The average molecular weight is 425 g/mol. The number of alkyl halides is 3. The summed E-state index contributed by atoms with van der Waals surface area (Å²) in [6.45, 7) is 5.66. The van der Waals surface area contributed by atoms with E-state index in [9.17, 15) is 27.6 Å². The Morgan fingerprint density at radius 2 is 1.77 bits per heavy atom. The highest BCUT2D eigenvalue weighted by molar-refractivity contribution is 6.41. The summed E-state index contributed by atoms with van der Waals surface area (Å²) in [5.74, 6) is -2.45. The van der Waals surface area contributed by atoms with E-state index in [1.807, 2.05) is 0 Å². The van der Waals surface area contributed by atoms with Gasteiger partial charge in [-0.05, 0) is 51.8 Å². The topological polar surface area (TPSA) is 99.5 Å². The molecule has 162 valence electrons. The van der Waals surface area contributed by atoms with Gasteiger partial charge in [0.15, 0.2) is 0 Å². The van der Waals surface area contributed by atoms with Crippen LogP contribution in [0.15, 0.2) is 18.2 Å². The molecule has 0 saturated carbocycles. The molecule has 7 nitrogen and oxygen atoms in total. The van der Waals surface area contributed by atoms with E-state index in [2.05, 4.69) is 5.32 Å². The number of hydrogen-bond acceptors (Lipinski definition) is 5. The number of ketones is 1. The molecule has 0 bridgehead atoms. The standard InChI is InChI=1S/C20H22F3N3O4/c1-19(2,3)30-18(29)26-8-6-12(7-9-26)16(27)17(28)25-14-5-4-13(11-24)15(10-14)20(21,22)23/h4-5,10,12H,6-9H2,1-3H3,(H,25,28). The van der Waals surface area contributed by atoms with Crippen LogP contribution in [0.2, 0.25) is 0 Å². The Bertz CT molecular complexity index is 877. The first-order valence-electron chi connectivity index (χ1n) is 9.26. The summed E-state index contributed by atoms with van der Waals surface area (Å²) in [4.78, 5) is 38.1. The fourth-order valence-corrected chi connectivity index (χ4v) is 2.98. The lowest BCUT2D eigenvalue weighted by Crippen LogP contribution is -2.44. The molecule has 1 heterocycles. The number of anilines is 1. The van der Waals surface area contributed by atoms with Gasteiger partial charge in [0.2, 0.25) is 5.78 Å². The SMILES string of the molecule is CC(C)(C)OC(=O)N1CCC(C(=O)C(=O)Nc2ccc(C#N)c(C(F)(F)F)c2)CC1. The predicted molar refractivity (Wildman–Crippen MR) is 100 cm³/mol. The molecule has 1 fully saturated rings. The Balaban J connectivity index is 1.99. The van der Waals surface area contributed by atoms with Crippen molar-refractivity contribution in [1.82, 2.24) is 4.90 Å². The quantitative estimate of drug-likeness (QED) is 0.744. The fraction of sp³-hybridized carbons (Fsp3) is 0.500. The Hall–Kier alpha value is -3.09. The molecule has 0 radical (unpaired) electrons. The van der Waals surface area contributed by atoms with E-state index in [4.69, 9.17) is 10.00 Å². The molecule has 2 rings (SSSR count). The van der Waals surface area contributed by atoms with Crippen LogP contribution in [-0.2, 0) is 20.5 Å². The number of carbonyl (C=O) groups is 3. The van der Waals surface area contributed by atoms with Crippen molar-refractivity contribution in [2.24, 2.45) is 5.92 Å². The van der Waals surface area contributed by atoms with Crippen molar-refractivity contribution >= 4 is 23.5 Å². The second-order valence-corrected chi connectivity index (χ2v) is 7.93. The highest BCUT2D eigenvalue weighted by atomic mass is 19.4. The normalized spacial score (nSPS) is 15.3. The van der Waals surface area contributed by atoms with E-state index < -0.39 is 46.6 Å². The lowest BCUT2D eigenvalue weighted by Gasteiger charge is -2.32. The van der Waals surface area contributed by atoms with Crippen LogP contribution >= 0.6 is 0 Å². The molecule has 0 unspecified atom stereocenters. The van der Waals surface area contributed by atoms with Crippen molar-refractivity contribution < 1.29 is 32.3 Å². The van der Waals surface area contributed by atoms with Gasteiger partial charge in [-0.25, -0.2) is 4.79 Å². The number of nitriles is 1. The summed E-state index contributed by atoms with van der Waals surface area (Å²) >= 11 is 0. The van der Waals surface area contributed by atoms with Crippen molar-refractivity contribution in [2.75, 3.05) is 18.4 Å². The summed E-state index contributed by atoms with van der Waals surface area (Å²) in [5, 5.41) is 11.0. The third-order valence-corrected chi connectivity index (χ3v) is 4.44. The molecule has 2 amide bonds. The van der Waals surface area contributed by atoms with E-state index in [1.54, 1.807) is 20.8 Å². The third kappa shape index (κ3) is 5.95. The Labute approximate surface area is 171 Å². The number of nitrogens with zero attached hydrogens (tertiary/aromatic N) is 2. The van der Waals surface area contributed by atoms with Crippen LogP contribution in [0.1, 0.15) is 44.7 Å². The van der Waals surface area contributed by atoms with Crippen molar-refractivity contribution in [2.45, 2.75) is 45.4 Å². The number of likely N-dealkylation sites (tertiary alicyclic amines) is 1. The Morgan fingerprint density at radius 1 is 1.17 bits per heavy atom. The van der Waals surface area contributed by atoms with Gasteiger partial charge in [0.25, 0.3) is 5.91 Å². The van der Waals surface area contributed by atoms with Crippen LogP contribution in [0.5, 0.6) is 0 Å². The molecule has 30 heavy (non-hydrogen) atoms. The highest BCUT2D eigenvalue weighted by Gasteiger charge is 2.35. The van der Waals surface area contributed by atoms with E-state index in [1.165, 1.54) is 11.0 Å². The lowest BCUT2D eigenvalue weighted by atomic mass is 9.92. The monoisotopic (exact) mass is 425 g/mol. The molecule has 10 heteroatoms. The van der Waals surface area contributed by atoms with Crippen LogP contribution < -0.4 is 5.32 Å². The maximum Gasteiger partial charge on any atom is 0.417 e. The molecule has 0 aliphatic carbocycles. The van der Waals surface area contributed by atoms with Crippen LogP contribution in [0.3, 0.4) is 0 Å². The van der Waals surface area contributed by atoms with E-state index in [0.717, 1.165) is 12.1 Å². The minimum absolute atomic E-state index is 0.230. The number of Topliss-reactive ketones (excluding diaryl/α,β-unsaturated/α-hetero) is 1. The molecule has 0 spiro atoms. The first-order valence-corrected chi connectivity index (χ1v) is 9.26. The number of carbonyl (C=O) groups excluding carboxylic acids is 3. The largest absolute Gasteiger partial charge is 0.444 e.